The second-order valence-electron chi connectivity index (χ2n) is 9.91. The summed E-state index contributed by atoms with van der Waals surface area (Å²) in [4.78, 5) is 30.3. The van der Waals surface area contributed by atoms with Gasteiger partial charge in [0.25, 0.3) is 0 Å². The Hall–Kier alpha value is -0.940. The van der Waals surface area contributed by atoms with Gasteiger partial charge in [0.15, 0.2) is 0 Å². The van der Waals surface area contributed by atoms with Gasteiger partial charge in [-0.15, -0.1) is 0 Å². The van der Waals surface area contributed by atoms with Gasteiger partial charge in [0.05, 0.1) is 6.61 Å². The van der Waals surface area contributed by atoms with Crippen molar-refractivity contribution in [1.29, 1.82) is 0 Å². The average Bonchev–Trinajstić information content (AvgIpc) is 2.58. The third kappa shape index (κ3) is 9.04. The number of carbonyl (C=O) groups is 2. The van der Waals surface area contributed by atoms with Gasteiger partial charge in [0, 0.05) is 32.1 Å². The number of hydrogen-bond acceptors (Lipinski definition) is 5. The highest BCUT2D eigenvalue weighted by Crippen LogP contribution is 2.34. The number of nitrogens with zero attached hydrogens (tertiary/aromatic N) is 2. The van der Waals surface area contributed by atoms with E-state index in [9.17, 15) is 9.59 Å². The van der Waals surface area contributed by atoms with Crippen LogP contribution in [0.5, 0.6) is 0 Å². The average molecular weight is 397 g/mol. The van der Waals surface area contributed by atoms with Crippen molar-refractivity contribution in [2.75, 3.05) is 46.9 Å². The highest BCUT2D eigenvalue weighted by Gasteiger charge is 2.34. The first-order chi connectivity index (χ1) is 13.1. The molecule has 0 amide bonds. The van der Waals surface area contributed by atoms with Crippen molar-refractivity contribution in [1.82, 2.24) is 9.80 Å². The zero-order valence-corrected chi connectivity index (χ0v) is 19.4. The molecule has 1 heterocycles. The first kappa shape index (κ1) is 25.1. The first-order valence-electron chi connectivity index (χ1n) is 11.1. The fourth-order valence-corrected chi connectivity index (χ4v) is 4.71. The molecular weight excluding hydrogens is 352 g/mol. The van der Waals surface area contributed by atoms with E-state index >= 15 is 0 Å². The second-order valence-corrected chi connectivity index (χ2v) is 9.91. The van der Waals surface area contributed by atoms with Crippen LogP contribution in [0.2, 0.25) is 0 Å². The molecule has 5 nitrogen and oxygen atoms in total. The summed E-state index contributed by atoms with van der Waals surface area (Å²) in [5, 5.41) is 0. The molecule has 5 heteroatoms. The molecule has 3 atom stereocenters. The summed E-state index contributed by atoms with van der Waals surface area (Å²) in [7, 11) is 4.30. The van der Waals surface area contributed by atoms with Gasteiger partial charge in [0.1, 0.15) is 11.7 Å². The minimum atomic E-state index is -0.604. The summed E-state index contributed by atoms with van der Waals surface area (Å²) in [6, 6.07) is 0. The third-order valence-corrected chi connectivity index (χ3v) is 5.87. The number of esters is 1. The maximum Gasteiger partial charge on any atom is 0.316 e. The lowest BCUT2D eigenvalue weighted by atomic mass is 9.74. The zero-order valence-electron chi connectivity index (χ0n) is 19.4. The molecule has 0 N–H and O–H groups in total. The summed E-state index contributed by atoms with van der Waals surface area (Å²) >= 11 is 0. The lowest BCUT2D eigenvalue weighted by molar-refractivity contribution is -0.153. The number of ether oxygens (including phenoxy) is 1. The Balaban J connectivity index is 2.92. The molecule has 0 aromatic rings. The van der Waals surface area contributed by atoms with Gasteiger partial charge in [0.2, 0.25) is 0 Å². The molecule has 0 radical (unpaired) electrons. The van der Waals surface area contributed by atoms with Gasteiger partial charge < -0.3 is 14.5 Å². The van der Waals surface area contributed by atoms with Gasteiger partial charge in [-0.25, -0.2) is 0 Å². The molecule has 1 rings (SSSR count). The molecule has 28 heavy (non-hydrogen) atoms. The van der Waals surface area contributed by atoms with E-state index in [4.69, 9.17) is 4.74 Å². The molecular formula is C23H44N2O3. The van der Waals surface area contributed by atoms with E-state index in [1.54, 1.807) is 0 Å². The predicted molar refractivity (Wildman–Crippen MR) is 115 cm³/mol. The van der Waals surface area contributed by atoms with Crippen molar-refractivity contribution in [3.63, 3.8) is 0 Å². The molecule has 1 aliphatic rings. The van der Waals surface area contributed by atoms with E-state index in [0.717, 1.165) is 51.9 Å². The van der Waals surface area contributed by atoms with Crippen LogP contribution >= 0.6 is 0 Å². The van der Waals surface area contributed by atoms with Crippen molar-refractivity contribution in [2.45, 2.75) is 66.7 Å². The predicted octanol–water partition coefficient (Wildman–Crippen LogP) is 3.86. The molecule has 1 aliphatic heterocycles. The van der Waals surface area contributed by atoms with E-state index in [2.05, 4.69) is 44.7 Å². The summed E-state index contributed by atoms with van der Waals surface area (Å²) in [6.45, 7) is 15.2. The molecule has 0 spiro atoms. The number of cyclic esters (lactones) is 1. The first-order valence-corrected chi connectivity index (χ1v) is 11.1. The summed E-state index contributed by atoms with van der Waals surface area (Å²) in [6.07, 6.45) is 4.10. The van der Waals surface area contributed by atoms with Crippen molar-refractivity contribution >= 4 is 11.8 Å². The molecule has 0 saturated carbocycles. The van der Waals surface area contributed by atoms with E-state index < -0.39 is 5.92 Å². The van der Waals surface area contributed by atoms with E-state index in [-0.39, 0.29) is 23.1 Å². The summed E-state index contributed by atoms with van der Waals surface area (Å²) in [5.41, 5.74) is 0.0702. The lowest BCUT2D eigenvalue weighted by Gasteiger charge is -2.33. The summed E-state index contributed by atoms with van der Waals surface area (Å²) < 4.78 is 5.49. The van der Waals surface area contributed by atoms with Crippen LogP contribution in [0.25, 0.3) is 0 Å². The fourth-order valence-electron chi connectivity index (χ4n) is 4.71. The van der Waals surface area contributed by atoms with Gasteiger partial charge in [-0.05, 0) is 51.1 Å². The van der Waals surface area contributed by atoms with Crippen LogP contribution in [0.1, 0.15) is 66.7 Å². The van der Waals surface area contributed by atoms with Crippen LogP contribution in [0, 0.1) is 23.2 Å². The Labute approximate surface area is 173 Å². The zero-order chi connectivity index (χ0) is 21.3. The minimum Gasteiger partial charge on any atom is -0.465 e. The Morgan fingerprint density at radius 1 is 1.04 bits per heavy atom. The number of carbonyl (C=O) groups excluding carboxylic acids is 2. The van der Waals surface area contributed by atoms with E-state index in [0.29, 0.717) is 18.9 Å². The topological polar surface area (TPSA) is 49.9 Å². The van der Waals surface area contributed by atoms with Crippen molar-refractivity contribution in [2.24, 2.45) is 23.2 Å². The van der Waals surface area contributed by atoms with Crippen LogP contribution in [0.15, 0.2) is 0 Å². The number of rotatable bonds is 2. The number of ketones is 1. The molecule has 0 bridgehead atoms. The molecule has 1 saturated heterocycles. The Bertz CT molecular complexity index is 492. The Kier molecular flexibility index (Phi) is 10.7. The number of Topliss-reactive ketones (excluding diaryl/α,β-unsaturated/α-hetero) is 1. The van der Waals surface area contributed by atoms with Crippen LogP contribution in [-0.2, 0) is 14.3 Å². The van der Waals surface area contributed by atoms with Gasteiger partial charge in [-0.1, -0.05) is 41.0 Å². The van der Waals surface area contributed by atoms with Crippen molar-refractivity contribution in [3.8, 4) is 0 Å². The highest BCUT2D eigenvalue weighted by atomic mass is 16.5. The minimum absolute atomic E-state index is 0.0612. The largest absolute Gasteiger partial charge is 0.465 e. The number of hydrogen-bond donors (Lipinski definition) is 0. The van der Waals surface area contributed by atoms with Crippen LogP contribution in [0.4, 0.5) is 0 Å². The van der Waals surface area contributed by atoms with Crippen LogP contribution in [-0.4, -0.2) is 68.4 Å². The Morgan fingerprint density at radius 3 is 2.32 bits per heavy atom. The smallest absolute Gasteiger partial charge is 0.316 e. The maximum absolute atomic E-state index is 13.0. The second kappa shape index (κ2) is 11.9. The van der Waals surface area contributed by atoms with Gasteiger partial charge in [-0.2, -0.15) is 0 Å². The maximum atomic E-state index is 13.0. The standard InChI is InChI=1S/C23H44N2O3/c1-8-10-20-21(26)19(3)16-23(4,5)15-18(2)17-25(7)13-12-24(6)11-9-14-28-22(20)27/h18-20H,8-17H2,1-7H3/t18-,19-,20?/m1/s1. The SMILES string of the molecule is CCCC1C(=O)OCCCN(C)CCN(C)C[C@H](C)CC(C)(C)C[C@@H](C)C1=O. The van der Waals surface area contributed by atoms with Crippen molar-refractivity contribution < 1.29 is 14.3 Å². The van der Waals surface area contributed by atoms with Crippen LogP contribution in [0.3, 0.4) is 0 Å². The van der Waals surface area contributed by atoms with Crippen molar-refractivity contribution in [3.05, 3.63) is 0 Å². The Morgan fingerprint density at radius 2 is 1.68 bits per heavy atom. The monoisotopic (exact) mass is 396 g/mol. The third-order valence-electron chi connectivity index (χ3n) is 5.87. The molecule has 1 unspecified atom stereocenters. The quantitative estimate of drug-likeness (QED) is 0.524. The molecule has 164 valence electrons. The molecule has 0 aromatic carbocycles. The van der Waals surface area contributed by atoms with E-state index in [1.807, 2.05) is 13.8 Å². The van der Waals surface area contributed by atoms with Gasteiger partial charge in [-0.3, -0.25) is 9.59 Å². The lowest BCUT2D eigenvalue weighted by Crippen LogP contribution is -2.35. The van der Waals surface area contributed by atoms with Crippen LogP contribution < -0.4 is 0 Å². The molecule has 0 aliphatic carbocycles. The van der Waals surface area contributed by atoms with E-state index in [1.165, 1.54) is 0 Å². The summed E-state index contributed by atoms with van der Waals surface area (Å²) in [5.74, 6) is -0.416. The highest BCUT2D eigenvalue weighted by molar-refractivity contribution is 6.00. The van der Waals surface area contributed by atoms with Gasteiger partial charge >= 0.3 is 5.97 Å². The number of likely N-dealkylation sites (N-methyl/N-ethyl adjacent to an activating group) is 2. The normalized spacial score (nSPS) is 30.6. The fraction of sp³-hybridized carbons (Fsp3) is 0.913. The molecule has 1 fully saturated rings. The molecule has 0 aromatic heterocycles.